The molecule has 0 radical (unpaired) electrons. The lowest BCUT2D eigenvalue weighted by atomic mass is 10.1. The molecule has 0 unspecified atom stereocenters. The van der Waals surface area contributed by atoms with Gasteiger partial charge in [0.25, 0.3) is 5.91 Å². The number of carbonyl (C=O) groups excluding carboxylic acids is 1. The topological polar surface area (TPSA) is 54.1 Å². The summed E-state index contributed by atoms with van der Waals surface area (Å²) < 4.78 is 5.13. The van der Waals surface area contributed by atoms with E-state index in [2.05, 4.69) is 10.3 Å². The molecule has 1 heterocycles. The zero-order valence-electron chi connectivity index (χ0n) is 13.3. The number of aryl methyl sites for hydroxylation is 1. The van der Waals surface area contributed by atoms with Gasteiger partial charge in [-0.15, -0.1) is 0 Å². The molecule has 3 aromatic rings. The van der Waals surface area contributed by atoms with Crippen molar-refractivity contribution in [2.45, 2.75) is 13.3 Å². The molecule has 0 bridgehead atoms. The maximum absolute atomic E-state index is 12.2. The Morgan fingerprint density at radius 3 is 2.65 bits per heavy atom. The summed E-state index contributed by atoms with van der Waals surface area (Å²) >= 11 is 0. The van der Waals surface area contributed by atoms with Gasteiger partial charge in [0.05, 0.1) is 7.11 Å². The fourth-order valence-corrected chi connectivity index (χ4v) is 2.57. The molecular weight excluding hydrogens is 288 g/mol. The van der Waals surface area contributed by atoms with Gasteiger partial charge in [0, 0.05) is 17.4 Å². The van der Waals surface area contributed by atoms with Crippen molar-refractivity contribution in [2.24, 2.45) is 0 Å². The van der Waals surface area contributed by atoms with Gasteiger partial charge in [-0.05, 0) is 48.7 Å². The Morgan fingerprint density at radius 2 is 1.91 bits per heavy atom. The fourth-order valence-electron chi connectivity index (χ4n) is 2.57. The summed E-state index contributed by atoms with van der Waals surface area (Å²) in [5.74, 6) is 0.763. The summed E-state index contributed by atoms with van der Waals surface area (Å²) in [7, 11) is 1.65. The van der Waals surface area contributed by atoms with E-state index in [-0.39, 0.29) is 5.91 Å². The fraction of sp³-hybridized carbons (Fsp3) is 0.211. The van der Waals surface area contributed by atoms with E-state index in [0.29, 0.717) is 12.2 Å². The normalized spacial score (nSPS) is 10.7. The predicted molar refractivity (Wildman–Crippen MR) is 92.1 cm³/mol. The molecule has 1 amide bonds. The molecule has 23 heavy (non-hydrogen) atoms. The maximum atomic E-state index is 12.2. The van der Waals surface area contributed by atoms with Gasteiger partial charge in [0.2, 0.25) is 0 Å². The minimum Gasteiger partial charge on any atom is -0.497 e. The van der Waals surface area contributed by atoms with Crippen LogP contribution in [0, 0.1) is 6.92 Å². The molecule has 0 spiro atoms. The Labute approximate surface area is 135 Å². The number of hydrogen-bond acceptors (Lipinski definition) is 2. The van der Waals surface area contributed by atoms with Gasteiger partial charge in [-0.2, -0.15) is 0 Å². The molecule has 3 rings (SSSR count). The molecule has 0 aliphatic heterocycles. The number of aromatic amines is 1. The van der Waals surface area contributed by atoms with Crippen LogP contribution in [0.5, 0.6) is 5.75 Å². The van der Waals surface area contributed by atoms with E-state index in [9.17, 15) is 4.79 Å². The second kappa shape index (κ2) is 6.57. The Morgan fingerprint density at radius 1 is 1.13 bits per heavy atom. The number of methoxy groups -OCH3 is 1. The number of nitrogens with one attached hydrogen (secondary N) is 2. The number of hydrogen-bond donors (Lipinski definition) is 2. The summed E-state index contributed by atoms with van der Waals surface area (Å²) in [5.41, 5.74) is 3.93. The van der Waals surface area contributed by atoms with E-state index in [1.807, 2.05) is 55.5 Å². The SMILES string of the molecule is COc1ccc(CCNC(=O)c2cc3ccc(C)cc3[nH]2)cc1. The van der Waals surface area contributed by atoms with Crippen LogP contribution in [0.4, 0.5) is 0 Å². The first-order valence-corrected chi connectivity index (χ1v) is 7.66. The van der Waals surface area contributed by atoms with Gasteiger partial charge in [-0.1, -0.05) is 24.3 Å². The monoisotopic (exact) mass is 308 g/mol. The molecule has 1 aromatic heterocycles. The van der Waals surface area contributed by atoms with Crippen molar-refractivity contribution in [1.82, 2.24) is 10.3 Å². The van der Waals surface area contributed by atoms with Crippen molar-refractivity contribution < 1.29 is 9.53 Å². The predicted octanol–water partition coefficient (Wildman–Crippen LogP) is 3.46. The molecule has 0 saturated heterocycles. The van der Waals surface area contributed by atoms with E-state index in [1.54, 1.807) is 7.11 Å². The van der Waals surface area contributed by atoms with Crippen LogP contribution in [-0.2, 0) is 6.42 Å². The second-order valence-electron chi connectivity index (χ2n) is 5.63. The van der Waals surface area contributed by atoms with E-state index in [1.165, 1.54) is 11.1 Å². The Hall–Kier alpha value is -2.75. The largest absolute Gasteiger partial charge is 0.497 e. The number of fused-ring (bicyclic) bond motifs is 1. The van der Waals surface area contributed by atoms with Crippen LogP contribution in [0.3, 0.4) is 0 Å². The quantitative estimate of drug-likeness (QED) is 0.758. The molecular formula is C19H20N2O2. The summed E-state index contributed by atoms with van der Waals surface area (Å²) in [6.45, 7) is 2.63. The zero-order valence-corrected chi connectivity index (χ0v) is 13.3. The van der Waals surface area contributed by atoms with Crippen LogP contribution >= 0.6 is 0 Å². The standard InChI is InChI=1S/C19H20N2O2/c1-13-3-6-15-12-18(21-17(15)11-13)19(22)20-10-9-14-4-7-16(23-2)8-5-14/h3-8,11-12,21H,9-10H2,1-2H3,(H,20,22). The lowest BCUT2D eigenvalue weighted by molar-refractivity contribution is 0.0950. The Kier molecular flexibility index (Phi) is 4.33. The minimum atomic E-state index is -0.0765. The third kappa shape index (κ3) is 3.54. The van der Waals surface area contributed by atoms with Crippen LogP contribution < -0.4 is 10.1 Å². The average Bonchev–Trinajstić information content (AvgIpc) is 2.98. The minimum absolute atomic E-state index is 0.0765. The molecule has 0 aliphatic carbocycles. The van der Waals surface area contributed by atoms with Crippen LogP contribution in [0.15, 0.2) is 48.5 Å². The molecule has 118 valence electrons. The third-order valence-corrected chi connectivity index (χ3v) is 3.88. The highest BCUT2D eigenvalue weighted by Crippen LogP contribution is 2.17. The molecule has 0 fully saturated rings. The highest BCUT2D eigenvalue weighted by molar-refractivity contribution is 5.98. The molecule has 0 atom stereocenters. The van der Waals surface area contributed by atoms with Gasteiger partial charge in [0.15, 0.2) is 0 Å². The highest BCUT2D eigenvalue weighted by Gasteiger charge is 2.09. The molecule has 2 aromatic carbocycles. The highest BCUT2D eigenvalue weighted by atomic mass is 16.5. The molecule has 4 nitrogen and oxygen atoms in total. The van der Waals surface area contributed by atoms with E-state index >= 15 is 0 Å². The first-order chi connectivity index (χ1) is 11.2. The third-order valence-electron chi connectivity index (χ3n) is 3.88. The molecule has 4 heteroatoms. The number of carbonyl (C=O) groups is 1. The summed E-state index contributed by atoms with van der Waals surface area (Å²) in [6.07, 6.45) is 0.787. The number of benzene rings is 2. The first-order valence-electron chi connectivity index (χ1n) is 7.66. The van der Waals surface area contributed by atoms with E-state index < -0.39 is 0 Å². The number of amides is 1. The van der Waals surface area contributed by atoms with Crippen LogP contribution in [0.1, 0.15) is 21.6 Å². The van der Waals surface area contributed by atoms with Gasteiger partial charge < -0.3 is 15.0 Å². The lowest BCUT2D eigenvalue weighted by Crippen LogP contribution is -2.25. The van der Waals surface area contributed by atoms with Crippen molar-refractivity contribution in [3.63, 3.8) is 0 Å². The van der Waals surface area contributed by atoms with Gasteiger partial charge in [-0.3, -0.25) is 4.79 Å². The summed E-state index contributed by atoms with van der Waals surface area (Å²) in [4.78, 5) is 15.4. The van der Waals surface area contributed by atoms with Gasteiger partial charge in [0.1, 0.15) is 11.4 Å². The zero-order chi connectivity index (χ0) is 16.2. The van der Waals surface area contributed by atoms with Crippen molar-refractivity contribution in [3.05, 3.63) is 65.4 Å². The molecule has 0 saturated carbocycles. The van der Waals surface area contributed by atoms with Gasteiger partial charge in [-0.25, -0.2) is 0 Å². The number of aromatic nitrogens is 1. The van der Waals surface area contributed by atoms with Crippen molar-refractivity contribution in [3.8, 4) is 5.75 Å². The molecule has 2 N–H and O–H groups in total. The number of rotatable bonds is 5. The number of ether oxygens (including phenoxy) is 1. The van der Waals surface area contributed by atoms with Crippen LogP contribution in [0.2, 0.25) is 0 Å². The van der Waals surface area contributed by atoms with Crippen LogP contribution in [-0.4, -0.2) is 24.5 Å². The summed E-state index contributed by atoms with van der Waals surface area (Å²) in [5, 5.41) is 4.00. The smallest absolute Gasteiger partial charge is 0.267 e. The second-order valence-corrected chi connectivity index (χ2v) is 5.63. The maximum Gasteiger partial charge on any atom is 0.267 e. The van der Waals surface area contributed by atoms with E-state index in [4.69, 9.17) is 4.74 Å². The van der Waals surface area contributed by atoms with Crippen LogP contribution in [0.25, 0.3) is 10.9 Å². The first kappa shape index (κ1) is 15.2. The summed E-state index contributed by atoms with van der Waals surface area (Å²) in [6, 6.07) is 15.9. The van der Waals surface area contributed by atoms with Gasteiger partial charge >= 0.3 is 0 Å². The Bertz CT molecular complexity index is 819. The van der Waals surface area contributed by atoms with Crippen molar-refractivity contribution >= 4 is 16.8 Å². The van der Waals surface area contributed by atoms with Crippen molar-refractivity contribution in [2.75, 3.05) is 13.7 Å². The van der Waals surface area contributed by atoms with E-state index in [0.717, 1.165) is 23.1 Å². The lowest BCUT2D eigenvalue weighted by Gasteiger charge is -2.05. The molecule has 0 aliphatic rings. The average molecular weight is 308 g/mol. The number of H-pyrrole nitrogens is 1. The Balaban J connectivity index is 1.59. The van der Waals surface area contributed by atoms with Crippen molar-refractivity contribution in [1.29, 1.82) is 0 Å².